The molecule has 0 bridgehead atoms. The van der Waals surface area contributed by atoms with Crippen molar-refractivity contribution in [3.63, 3.8) is 0 Å². The monoisotopic (exact) mass is 522 g/mol. The van der Waals surface area contributed by atoms with Crippen LogP contribution in [0.15, 0.2) is 0 Å². The van der Waals surface area contributed by atoms with E-state index in [-0.39, 0.29) is 31.1 Å². The Hall–Kier alpha value is 1.92. The van der Waals surface area contributed by atoms with Gasteiger partial charge in [0, 0.05) is 31.1 Å². The molecule has 0 atom stereocenters. The molecule has 0 spiro atoms. The Morgan fingerprint density at radius 1 is 1.62 bits per heavy atom. The molecule has 0 aliphatic carbocycles. The van der Waals surface area contributed by atoms with Gasteiger partial charge in [-0.15, -0.1) is 0 Å². The van der Waals surface area contributed by atoms with Gasteiger partial charge >= 0.3 is 58.5 Å². The molecule has 0 saturated carbocycles. The first-order valence-electron chi connectivity index (χ1n) is 2.17. The molecule has 0 amide bonds. The number of hydrogen-bond acceptors (Lipinski definition) is 1. The van der Waals surface area contributed by atoms with Crippen molar-refractivity contribution >= 4 is 15.8 Å². The van der Waals surface area contributed by atoms with Gasteiger partial charge in [0.05, 0.1) is 0 Å². The molecular weight excluding hydrogens is 516 g/mol. The second-order valence-electron chi connectivity index (χ2n) is 1.33. The molecule has 1 fully saturated rings. The SMILES string of the molecule is [U].[W]=[C]1CSCC[N-]1. The van der Waals surface area contributed by atoms with Crippen molar-refractivity contribution in [3.8, 4) is 0 Å². The average molecular weight is 522 g/mol. The first-order chi connectivity index (χ1) is 3.39. The minimum atomic E-state index is 0. The van der Waals surface area contributed by atoms with Gasteiger partial charge in [0.1, 0.15) is 0 Å². The third kappa shape index (κ3) is 3.85. The third-order valence-corrected chi connectivity index (χ3v) is 3.41. The molecule has 1 aliphatic heterocycles. The van der Waals surface area contributed by atoms with E-state index in [0.29, 0.717) is 0 Å². The Morgan fingerprint density at radius 3 is 2.62 bits per heavy atom. The van der Waals surface area contributed by atoms with Crippen molar-refractivity contribution in [2.24, 2.45) is 0 Å². The zero-order chi connectivity index (χ0) is 5.11. The van der Waals surface area contributed by atoms with Crippen LogP contribution in [0.1, 0.15) is 0 Å². The normalized spacial score (nSPS) is 19.8. The Labute approximate surface area is 88.5 Å². The number of hydrogen-bond donors (Lipinski definition) is 0. The predicted octanol–water partition coefficient (Wildman–Crippen LogP) is 0.784. The van der Waals surface area contributed by atoms with Crippen LogP contribution in [0.3, 0.4) is 0 Å². The van der Waals surface area contributed by atoms with E-state index in [4.69, 9.17) is 0 Å². The van der Waals surface area contributed by atoms with Crippen LogP contribution >= 0.6 is 11.8 Å². The molecule has 1 heterocycles. The molecule has 0 radical (unpaired) electrons. The summed E-state index contributed by atoms with van der Waals surface area (Å²) in [6.07, 6.45) is 0. The topological polar surface area (TPSA) is 14.1 Å². The molecule has 4 heteroatoms. The molecule has 0 aromatic rings. The number of thioether (sulfide) groups is 1. The van der Waals surface area contributed by atoms with Crippen molar-refractivity contribution in [2.75, 3.05) is 18.1 Å². The van der Waals surface area contributed by atoms with Crippen LogP contribution in [-0.2, 0) is 19.4 Å². The summed E-state index contributed by atoms with van der Waals surface area (Å²) in [5.41, 5.74) is 0. The van der Waals surface area contributed by atoms with Gasteiger partial charge in [0.25, 0.3) is 0 Å². The first kappa shape index (κ1) is 9.92. The van der Waals surface area contributed by atoms with Crippen LogP contribution in [0.2, 0.25) is 0 Å². The molecule has 1 aliphatic rings. The summed E-state index contributed by atoms with van der Waals surface area (Å²) < 4.78 is 1.39. The summed E-state index contributed by atoms with van der Waals surface area (Å²) in [4.78, 5) is 0. The van der Waals surface area contributed by atoms with Gasteiger partial charge in [0.2, 0.25) is 0 Å². The van der Waals surface area contributed by atoms with Crippen molar-refractivity contribution in [3.05, 3.63) is 5.32 Å². The zero-order valence-corrected chi connectivity index (χ0v) is 12.3. The van der Waals surface area contributed by atoms with Crippen molar-refractivity contribution in [2.45, 2.75) is 0 Å². The van der Waals surface area contributed by atoms with Crippen molar-refractivity contribution in [1.29, 1.82) is 0 Å². The molecule has 8 heavy (non-hydrogen) atoms. The van der Waals surface area contributed by atoms with Crippen molar-refractivity contribution in [1.82, 2.24) is 0 Å². The van der Waals surface area contributed by atoms with E-state index < -0.39 is 0 Å². The summed E-state index contributed by atoms with van der Waals surface area (Å²) >= 11 is 3.54. The Balaban J connectivity index is 0.000000490. The molecule has 0 N–H and O–H groups in total. The Bertz CT molecular complexity index is 80.1. The van der Waals surface area contributed by atoms with E-state index in [9.17, 15) is 0 Å². The number of nitrogens with zero attached hydrogens (tertiary/aromatic N) is 1. The van der Waals surface area contributed by atoms with E-state index in [1.165, 1.54) is 15.5 Å². The van der Waals surface area contributed by atoms with Gasteiger partial charge in [-0.1, -0.05) is 0 Å². The van der Waals surface area contributed by atoms with Gasteiger partial charge in [-0.25, -0.2) is 0 Å². The van der Waals surface area contributed by atoms with E-state index in [1.807, 2.05) is 11.8 Å². The molecule has 44 valence electrons. The van der Waals surface area contributed by atoms with E-state index in [1.54, 1.807) is 19.4 Å². The molecule has 1 saturated heterocycles. The zero-order valence-electron chi connectivity index (χ0n) is 4.39. The standard InChI is InChI=1S/C4H6NS.U.W/c1-3-6-4-2-5-1;;/h1,3-4H2;;/q-1;;. The maximum absolute atomic E-state index is 4.26. The summed E-state index contributed by atoms with van der Waals surface area (Å²) in [5.74, 6) is 2.42. The van der Waals surface area contributed by atoms with Crippen LogP contribution in [0.25, 0.3) is 5.32 Å². The van der Waals surface area contributed by atoms with Crippen LogP contribution in [-0.4, -0.2) is 22.1 Å². The van der Waals surface area contributed by atoms with E-state index in [2.05, 4.69) is 5.32 Å². The van der Waals surface area contributed by atoms with Crippen LogP contribution in [0.5, 0.6) is 0 Å². The summed E-state index contributed by atoms with van der Waals surface area (Å²) in [6, 6.07) is 0. The summed E-state index contributed by atoms with van der Waals surface area (Å²) in [6.45, 7) is 1.06. The second kappa shape index (κ2) is 5.69. The van der Waals surface area contributed by atoms with Crippen LogP contribution < -0.4 is 0 Å². The van der Waals surface area contributed by atoms with Gasteiger partial charge < -0.3 is 0 Å². The van der Waals surface area contributed by atoms with Crippen molar-refractivity contribution < 1.29 is 50.5 Å². The molecule has 0 unspecified atom stereocenters. The molecule has 0 aromatic heterocycles. The van der Waals surface area contributed by atoms with E-state index in [0.717, 1.165) is 6.54 Å². The van der Waals surface area contributed by atoms with Crippen LogP contribution in [0.4, 0.5) is 0 Å². The minimum absolute atomic E-state index is 0. The average Bonchev–Trinajstić information content (AvgIpc) is 1.69. The quantitative estimate of drug-likeness (QED) is 0.460. The molecular formula is C4H6NSUW-. The Morgan fingerprint density at radius 2 is 2.38 bits per heavy atom. The predicted molar refractivity (Wildman–Crippen MR) is 30.6 cm³/mol. The molecule has 0 aromatic carbocycles. The fraction of sp³-hybridized carbons (Fsp3) is 0.750. The fourth-order valence-electron chi connectivity index (χ4n) is 0.440. The van der Waals surface area contributed by atoms with Crippen LogP contribution in [0, 0.1) is 31.1 Å². The number of rotatable bonds is 0. The summed E-state index contributed by atoms with van der Waals surface area (Å²) in [5, 5.41) is 4.26. The fourth-order valence-corrected chi connectivity index (χ4v) is 2.30. The maximum atomic E-state index is 4.26. The van der Waals surface area contributed by atoms with E-state index >= 15 is 0 Å². The summed E-state index contributed by atoms with van der Waals surface area (Å²) in [7, 11) is 0. The van der Waals surface area contributed by atoms with Gasteiger partial charge in [0.15, 0.2) is 0 Å². The Kier molecular flexibility index (Phi) is 7.05. The molecule has 1 rings (SSSR count). The van der Waals surface area contributed by atoms with Gasteiger partial charge in [-0.3, -0.25) is 0 Å². The molecule has 1 nitrogen and oxygen atoms in total. The van der Waals surface area contributed by atoms with Gasteiger partial charge in [-0.05, 0) is 0 Å². The third-order valence-electron chi connectivity index (χ3n) is 0.749. The first-order valence-corrected chi connectivity index (χ1v) is 4.80. The van der Waals surface area contributed by atoms with Gasteiger partial charge in [-0.2, -0.15) is 0 Å². The second-order valence-corrected chi connectivity index (χ2v) is 4.13.